The minimum Gasteiger partial charge on any atom is -0.492 e. The molecule has 45 heavy (non-hydrogen) atoms. The summed E-state index contributed by atoms with van der Waals surface area (Å²) in [5.74, 6) is -1.00. The molecule has 0 bridgehead atoms. The van der Waals surface area contributed by atoms with E-state index in [4.69, 9.17) is 4.98 Å². The van der Waals surface area contributed by atoms with Gasteiger partial charge in [0.25, 0.3) is 5.56 Å². The van der Waals surface area contributed by atoms with Gasteiger partial charge in [0.2, 0.25) is 11.8 Å². The van der Waals surface area contributed by atoms with Crippen LogP contribution in [-0.4, -0.2) is 40.8 Å². The van der Waals surface area contributed by atoms with Gasteiger partial charge in [-0.05, 0) is 49.8 Å². The van der Waals surface area contributed by atoms with Crippen LogP contribution in [0.4, 0.5) is 5.13 Å². The Morgan fingerprint density at radius 3 is 2.13 bits per heavy atom. The first-order chi connectivity index (χ1) is 21.2. The number of carbonyl (C=O) groups is 1. The topological polar surface area (TPSA) is 102 Å². The first-order valence-corrected chi connectivity index (χ1v) is 16.8. The Kier molecular flexibility index (Phi) is 11.8. The smallest absolute Gasteiger partial charge is 0.280 e. The van der Waals surface area contributed by atoms with Crippen molar-refractivity contribution < 1.29 is 9.90 Å². The lowest BCUT2D eigenvalue weighted by Crippen LogP contribution is -2.55. The van der Waals surface area contributed by atoms with Gasteiger partial charge in [0, 0.05) is 36.3 Å². The van der Waals surface area contributed by atoms with Crippen molar-refractivity contribution in [2.75, 3.05) is 30.0 Å². The number of hydrogen-bond acceptors (Lipinski definition) is 7. The van der Waals surface area contributed by atoms with Crippen molar-refractivity contribution >= 4 is 35.0 Å². The molecule has 0 saturated carbocycles. The van der Waals surface area contributed by atoms with Crippen LogP contribution in [0.1, 0.15) is 101 Å². The van der Waals surface area contributed by atoms with Crippen molar-refractivity contribution in [3.05, 3.63) is 60.1 Å². The van der Waals surface area contributed by atoms with Gasteiger partial charge in [-0.1, -0.05) is 96.9 Å². The van der Waals surface area contributed by atoms with Crippen molar-refractivity contribution in [2.45, 2.75) is 93.9 Å². The van der Waals surface area contributed by atoms with Gasteiger partial charge in [-0.15, -0.1) is 0 Å². The Morgan fingerprint density at radius 2 is 1.67 bits per heavy atom. The molecule has 2 aromatic heterocycles. The summed E-state index contributed by atoms with van der Waals surface area (Å²) in [6.07, 6.45) is 7.57. The summed E-state index contributed by atoms with van der Waals surface area (Å²) in [5, 5.41) is 23.3. The van der Waals surface area contributed by atoms with Crippen molar-refractivity contribution in [2.24, 2.45) is 5.41 Å². The van der Waals surface area contributed by atoms with Gasteiger partial charge in [0.15, 0.2) is 5.13 Å². The first-order valence-electron chi connectivity index (χ1n) is 16.0. The lowest BCUT2D eigenvalue weighted by molar-refractivity contribution is -0.127. The number of nitrogens with zero attached hydrogens (tertiary/aromatic N) is 5. The highest BCUT2D eigenvalue weighted by Crippen LogP contribution is 2.38. The SMILES string of the molecule is C=c1c(C#N)c(O)n(N(C)C(=O)C(C)(C)C)c(=O)/c1=C\c1sc(N(CCCC)CCCC)nc1-c1c(CC)cc(C)cc1CC. The highest BCUT2D eigenvalue weighted by molar-refractivity contribution is 7.16. The fourth-order valence-electron chi connectivity index (χ4n) is 5.50. The molecule has 0 radical (unpaired) electrons. The van der Waals surface area contributed by atoms with Gasteiger partial charge < -0.3 is 10.0 Å². The zero-order chi connectivity index (χ0) is 33.6. The van der Waals surface area contributed by atoms with Gasteiger partial charge in [-0.25, -0.2) is 9.99 Å². The largest absolute Gasteiger partial charge is 0.492 e. The zero-order valence-electron chi connectivity index (χ0n) is 28.5. The fraction of sp³-hybridized carbons (Fsp3) is 0.500. The second-order valence-corrected chi connectivity index (χ2v) is 13.6. The second-order valence-electron chi connectivity index (χ2n) is 12.6. The molecule has 242 valence electrons. The average molecular weight is 632 g/mol. The van der Waals surface area contributed by atoms with Crippen LogP contribution in [0.5, 0.6) is 5.88 Å². The molecular formula is C36H49N5O3S. The van der Waals surface area contributed by atoms with Crippen LogP contribution in [0.15, 0.2) is 16.9 Å². The van der Waals surface area contributed by atoms with Crippen LogP contribution in [0.25, 0.3) is 23.9 Å². The predicted molar refractivity (Wildman–Crippen MR) is 187 cm³/mol. The Hall–Kier alpha value is -3.90. The van der Waals surface area contributed by atoms with Gasteiger partial charge in [-0.2, -0.15) is 9.94 Å². The number of nitriles is 1. The minimum absolute atomic E-state index is 0.109. The molecule has 8 nitrogen and oxygen atoms in total. The Morgan fingerprint density at radius 1 is 1.11 bits per heavy atom. The summed E-state index contributed by atoms with van der Waals surface area (Å²) in [6.45, 7) is 21.7. The van der Waals surface area contributed by atoms with Crippen molar-refractivity contribution in [1.29, 1.82) is 5.26 Å². The number of aromatic nitrogens is 2. The first kappa shape index (κ1) is 35.6. The van der Waals surface area contributed by atoms with E-state index in [1.807, 2.05) is 6.07 Å². The normalized spacial score (nSPS) is 12.0. The van der Waals surface area contributed by atoms with Crippen LogP contribution in [-0.2, 0) is 17.6 Å². The summed E-state index contributed by atoms with van der Waals surface area (Å²) in [4.78, 5) is 35.7. The molecule has 0 unspecified atom stereocenters. The molecule has 1 amide bonds. The molecule has 0 spiro atoms. The summed E-state index contributed by atoms with van der Waals surface area (Å²) < 4.78 is 0.879. The summed E-state index contributed by atoms with van der Waals surface area (Å²) in [6, 6.07) is 6.40. The number of aryl methyl sites for hydroxylation is 3. The molecule has 0 aliphatic carbocycles. The molecule has 0 aliphatic rings. The monoisotopic (exact) mass is 631 g/mol. The fourth-order valence-corrected chi connectivity index (χ4v) is 6.57. The lowest BCUT2D eigenvalue weighted by Gasteiger charge is -2.27. The second kappa shape index (κ2) is 14.9. The number of hydrogen-bond donors (Lipinski definition) is 1. The summed E-state index contributed by atoms with van der Waals surface area (Å²) in [7, 11) is 1.42. The third-order valence-corrected chi connectivity index (χ3v) is 9.08. The Bertz CT molecular complexity index is 1720. The average Bonchev–Trinajstić information content (AvgIpc) is 3.41. The third-order valence-electron chi connectivity index (χ3n) is 8.02. The van der Waals surface area contributed by atoms with E-state index in [-0.39, 0.29) is 16.0 Å². The molecule has 0 aliphatic heterocycles. The van der Waals surface area contributed by atoms with Gasteiger partial charge >= 0.3 is 0 Å². The maximum absolute atomic E-state index is 14.1. The number of benzene rings is 1. The quantitative estimate of drug-likeness (QED) is 0.272. The van der Waals surface area contributed by atoms with Crippen LogP contribution in [0, 0.1) is 23.7 Å². The molecule has 0 saturated heterocycles. The number of anilines is 1. The molecule has 0 atom stereocenters. The standard InChI is InChI=1S/C36H49N5O3S/c1-11-15-17-40(18-16-12-2)35-38-31(30-25(13-3)19-23(5)20-26(30)14-4)29(45-35)21-27-24(6)28(22-37)33(43)41(32(27)42)39(10)34(44)36(7,8)9/h19-21,43H,6,11-18H2,1-5,7-10H3/b27-21-. The van der Waals surface area contributed by atoms with Gasteiger partial charge in [0.1, 0.15) is 11.6 Å². The third kappa shape index (κ3) is 7.50. The zero-order valence-corrected chi connectivity index (χ0v) is 29.3. The van der Waals surface area contributed by atoms with E-state index in [9.17, 15) is 20.0 Å². The van der Waals surface area contributed by atoms with Crippen LogP contribution in [0.3, 0.4) is 0 Å². The summed E-state index contributed by atoms with van der Waals surface area (Å²) >= 11 is 1.52. The number of amides is 1. The number of unbranched alkanes of at least 4 members (excludes halogenated alkanes) is 2. The molecular weight excluding hydrogens is 582 g/mol. The van der Waals surface area contributed by atoms with Gasteiger partial charge in [0.05, 0.1) is 15.8 Å². The lowest BCUT2D eigenvalue weighted by atomic mass is 9.92. The van der Waals surface area contributed by atoms with E-state index >= 15 is 0 Å². The van der Waals surface area contributed by atoms with Crippen molar-refractivity contribution in [1.82, 2.24) is 9.66 Å². The molecule has 3 aromatic rings. The maximum atomic E-state index is 14.1. The molecule has 1 N–H and O–H groups in total. The van der Waals surface area contributed by atoms with E-state index < -0.39 is 22.8 Å². The molecule has 2 heterocycles. The molecule has 3 rings (SSSR count). The minimum atomic E-state index is -0.834. The summed E-state index contributed by atoms with van der Waals surface area (Å²) in [5.41, 5.74) is 3.77. The number of rotatable bonds is 12. The Labute approximate surface area is 271 Å². The van der Waals surface area contributed by atoms with E-state index in [0.717, 1.165) is 82.6 Å². The van der Waals surface area contributed by atoms with Crippen LogP contribution < -0.4 is 25.9 Å². The number of carbonyl (C=O) groups excluding carboxylic acids is 1. The van der Waals surface area contributed by atoms with E-state index in [1.54, 1.807) is 26.8 Å². The van der Waals surface area contributed by atoms with Crippen LogP contribution >= 0.6 is 11.3 Å². The van der Waals surface area contributed by atoms with E-state index in [0.29, 0.717) is 0 Å². The molecule has 0 fully saturated rings. The van der Waals surface area contributed by atoms with E-state index in [2.05, 4.69) is 58.2 Å². The highest BCUT2D eigenvalue weighted by atomic mass is 32.1. The van der Waals surface area contributed by atoms with Gasteiger partial charge in [-0.3, -0.25) is 9.59 Å². The van der Waals surface area contributed by atoms with Crippen molar-refractivity contribution in [3.63, 3.8) is 0 Å². The number of pyridine rings is 1. The van der Waals surface area contributed by atoms with Crippen LogP contribution in [0.2, 0.25) is 0 Å². The maximum Gasteiger partial charge on any atom is 0.280 e. The predicted octanol–water partition coefficient (Wildman–Crippen LogP) is 5.77. The molecule has 1 aromatic carbocycles. The number of aromatic hydroxyl groups is 1. The highest BCUT2D eigenvalue weighted by Gasteiger charge is 2.29. The number of thiazole rings is 1. The van der Waals surface area contributed by atoms with E-state index in [1.165, 1.54) is 35.1 Å². The molecule has 9 heteroatoms. The van der Waals surface area contributed by atoms with Crippen molar-refractivity contribution in [3.8, 4) is 23.2 Å². The Balaban J connectivity index is 2.49.